The molecule has 0 aliphatic carbocycles. The fourth-order valence-electron chi connectivity index (χ4n) is 2.13. The van der Waals surface area contributed by atoms with E-state index in [2.05, 4.69) is 18.2 Å². The third kappa shape index (κ3) is 2.53. The fourth-order valence-corrected chi connectivity index (χ4v) is 2.13. The molecule has 0 amide bonds. The van der Waals surface area contributed by atoms with Gasteiger partial charge >= 0.3 is 0 Å². The highest BCUT2D eigenvalue weighted by molar-refractivity contribution is 5.68. The summed E-state index contributed by atoms with van der Waals surface area (Å²) in [5.41, 5.74) is 10.9. The Morgan fingerprint density at radius 2 is 1.65 bits per heavy atom. The average molecular weight is 229 g/mol. The van der Waals surface area contributed by atoms with Crippen LogP contribution in [0.1, 0.15) is 16.7 Å². The van der Waals surface area contributed by atoms with Crippen LogP contribution in [0.5, 0.6) is 0 Å². The Bertz CT molecular complexity index is 526. The molecule has 17 heavy (non-hydrogen) atoms. The molecule has 0 fully saturated rings. The maximum Gasteiger partial charge on any atom is 0.123 e. The average Bonchev–Trinajstić information content (AvgIpc) is 2.27. The van der Waals surface area contributed by atoms with E-state index in [4.69, 9.17) is 5.73 Å². The Morgan fingerprint density at radius 3 is 2.24 bits per heavy atom. The SMILES string of the molecule is Cc1cc(C)cc(-c2cc(F)ccc2CN)c1. The fraction of sp³-hybridized carbons (Fsp3) is 0.200. The number of halogens is 1. The minimum Gasteiger partial charge on any atom is -0.326 e. The Hall–Kier alpha value is -1.67. The maximum atomic E-state index is 13.3. The summed E-state index contributed by atoms with van der Waals surface area (Å²) in [5.74, 6) is -0.226. The van der Waals surface area contributed by atoms with Gasteiger partial charge in [-0.15, -0.1) is 0 Å². The molecule has 0 spiro atoms. The van der Waals surface area contributed by atoms with Crippen LogP contribution in [0.15, 0.2) is 36.4 Å². The zero-order valence-electron chi connectivity index (χ0n) is 10.1. The molecule has 0 bridgehead atoms. The van der Waals surface area contributed by atoms with Crippen molar-refractivity contribution < 1.29 is 4.39 Å². The number of aryl methyl sites for hydroxylation is 2. The summed E-state index contributed by atoms with van der Waals surface area (Å²) in [5, 5.41) is 0. The number of hydrogen-bond donors (Lipinski definition) is 1. The topological polar surface area (TPSA) is 26.0 Å². The van der Waals surface area contributed by atoms with E-state index in [1.54, 1.807) is 12.1 Å². The number of benzene rings is 2. The van der Waals surface area contributed by atoms with E-state index in [1.807, 2.05) is 13.8 Å². The van der Waals surface area contributed by atoms with Crippen LogP contribution in [0.4, 0.5) is 4.39 Å². The third-order valence-corrected chi connectivity index (χ3v) is 2.82. The molecular weight excluding hydrogens is 213 g/mol. The van der Waals surface area contributed by atoms with Crippen molar-refractivity contribution in [2.75, 3.05) is 0 Å². The normalized spacial score (nSPS) is 10.6. The van der Waals surface area contributed by atoms with Crippen molar-refractivity contribution in [3.8, 4) is 11.1 Å². The highest BCUT2D eigenvalue weighted by Crippen LogP contribution is 2.26. The summed E-state index contributed by atoms with van der Waals surface area (Å²) in [4.78, 5) is 0. The molecule has 2 aromatic carbocycles. The van der Waals surface area contributed by atoms with Crippen molar-refractivity contribution in [1.29, 1.82) is 0 Å². The van der Waals surface area contributed by atoms with E-state index in [0.717, 1.165) is 16.7 Å². The van der Waals surface area contributed by atoms with E-state index in [0.29, 0.717) is 6.54 Å². The second-order valence-corrected chi connectivity index (χ2v) is 4.38. The minimum atomic E-state index is -0.226. The summed E-state index contributed by atoms with van der Waals surface area (Å²) < 4.78 is 13.3. The summed E-state index contributed by atoms with van der Waals surface area (Å²) >= 11 is 0. The predicted molar refractivity (Wildman–Crippen MR) is 69.2 cm³/mol. The first-order chi connectivity index (χ1) is 8.10. The van der Waals surface area contributed by atoms with E-state index >= 15 is 0 Å². The van der Waals surface area contributed by atoms with Crippen molar-refractivity contribution in [2.24, 2.45) is 5.73 Å². The molecule has 1 nitrogen and oxygen atoms in total. The molecule has 0 atom stereocenters. The van der Waals surface area contributed by atoms with Gasteiger partial charge in [-0.3, -0.25) is 0 Å². The lowest BCUT2D eigenvalue weighted by Crippen LogP contribution is -1.99. The Balaban J connectivity index is 2.62. The van der Waals surface area contributed by atoms with Crippen molar-refractivity contribution in [1.82, 2.24) is 0 Å². The molecule has 0 heterocycles. The predicted octanol–water partition coefficient (Wildman–Crippen LogP) is 3.57. The standard InChI is InChI=1S/C15H16FN/c1-10-5-11(2)7-13(6-10)15-8-14(16)4-3-12(15)9-17/h3-8H,9,17H2,1-2H3. The number of rotatable bonds is 2. The van der Waals surface area contributed by atoms with Crippen LogP contribution in [0.25, 0.3) is 11.1 Å². The Morgan fingerprint density at radius 1 is 1.00 bits per heavy atom. The van der Waals surface area contributed by atoms with Crippen LogP contribution < -0.4 is 5.73 Å². The highest BCUT2D eigenvalue weighted by atomic mass is 19.1. The summed E-state index contributed by atoms with van der Waals surface area (Å²) in [6.45, 7) is 4.50. The molecule has 0 aromatic heterocycles. The zero-order valence-corrected chi connectivity index (χ0v) is 10.1. The molecule has 2 rings (SSSR count). The highest BCUT2D eigenvalue weighted by Gasteiger charge is 2.06. The largest absolute Gasteiger partial charge is 0.326 e. The summed E-state index contributed by atoms with van der Waals surface area (Å²) in [6.07, 6.45) is 0. The Kier molecular flexibility index (Phi) is 3.25. The molecule has 0 unspecified atom stereocenters. The van der Waals surface area contributed by atoms with Crippen LogP contribution >= 0.6 is 0 Å². The summed E-state index contributed by atoms with van der Waals surface area (Å²) in [7, 11) is 0. The first-order valence-corrected chi connectivity index (χ1v) is 5.67. The van der Waals surface area contributed by atoms with Gasteiger partial charge in [-0.25, -0.2) is 4.39 Å². The summed E-state index contributed by atoms with van der Waals surface area (Å²) in [6, 6.07) is 11.0. The van der Waals surface area contributed by atoms with E-state index in [9.17, 15) is 4.39 Å². The van der Waals surface area contributed by atoms with Gasteiger partial charge in [0.2, 0.25) is 0 Å². The third-order valence-electron chi connectivity index (χ3n) is 2.82. The van der Waals surface area contributed by atoms with Crippen LogP contribution in [0, 0.1) is 19.7 Å². The second kappa shape index (κ2) is 4.68. The molecule has 2 aromatic rings. The quantitative estimate of drug-likeness (QED) is 0.837. The lowest BCUT2D eigenvalue weighted by atomic mass is 9.96. The molecule has 88 valence electrons. The van der Waals surface area contributed by atoms with E-state index in [1.165, 1.54) is 17.2 Å². The lowest BCUT2D eigenvalue weighted by molar-refractivity contribution is 0.627. The van der Waals surface area contributed by atoms with Crippen LogP contribution in [-0.2, 0) is 6.54 Å². The molecular formula is C15H16FN. The molecule has 2 N–H and O–H groups in total. The molecule has 0 aliphatic heterocycles. The van der Waals surface area contributed by atoms with Gasteiger partial charge in [0.25, 0.3) is 0 Å². The van der Waals surface area contributed by atoms with Gasteiger partial charge in [0.1, 0.15) is 5.82 Å². The second-order valence-electron chi connectivity index (χ2n) is 4.38. The molecule has 0 saturated carbocycles. The molecule has 2 heteroatoms. The van der Waals surface area contributed by atoms with Gasteiger partial charge in [-0.1, -0.05) is 35.4 Å². The molecule has 0 aliphatic rings. The van der Waals surface area contributed by atoms with Crippen molar-refractivity contribution in [3.05, 3.63) is 58.9 Å². The van der Waals surface area contributed by atoms with Gasteiger partial charge in [0, 0.05) is 6.54 Å². The van der Waals surface area contributed by atoms with Crippen LogP contribution in [0.2, 0.25) is 0 Å². The number of nitrogens with two attached hydrogens (primary N) is 1. The first kappa shape index (κ1) is 11.8. The first-order valence-electron chi connectivity index (χ1n) is 5.67. The van der Waals surface area contributed by atoms with Crippen LogP contribution in [-0.4, -0.2) is 0 Å². The maximum absolute atomic E-state index is 13.3. The minimum absolute atomic E-state index is 0.226. The van der Waals surface area contributed by atoms with Crippen LogP contribution in [0.3, 0.4) is 0 Å². The molecule has 0 saturated heterocycles. The van der Waals surface area contributed by atoms with Crippen molar-refractivity contribution in [2.45, 2.75) is 20.4 Å². The van der Waals surface area contributed by atoms with E-state index in [-0.39, 0.29) is 5.82 Å². The van der Waals surface area contributed by atoms with Gasteiger partial charge in [-0.2, -0.15) is 0 Å². The van der Waals surface area contributed by atoms with E-state index < -0.39 is 0 Å². The van der Waals surface area contributed by atoms with Gasteiger partial charge < -0.3 is 5.73 Å². The van der Waals surface area contributed by atoms with Crippen molar-refractivity contribution >= 4 is 0 Å². The Labute approximate surface area is 101 Å². The van der Waals surface area contributed by atoms with Gasteiger partial charge in [-0.05, 0) is 42.7 Å². The zero-order chi connectivity index (χ0) is 12.4. The van der Waals surface area contributed by atoms with Gasteiger partial charge in [0.05, 0.1) is 0 Å². The van der Waals surface area contributed by atoms with Crippen molar-refractivity contribution in [3.63, 3.8) is 0 Å². The monoisotopic (exact) mass is 229 g/mol. The smallest absolute Gasteiger partial charge is 0.123 e. The number of hydrogen-bond acceptors (Lipinski definition) is 1. The molecule has 0 radical (unpaired) electrons. The van der Waals surface area contributed by atoms with Gasteiger partial charge in [0.15, 0.2) is 0 Å². The lowest BCUT2D eigenvalue weighted by Gasteiger charge is -2.10.